The highest BCUT2D eigenvalue weighted by molar-refractivity contribution is 5.94. The molecule has 94 valence electrons. The predicted octanol–water partition coefficient (Wildman–Crippen LogP) is 3.38. The topological polar surface area (TPSA) is 20.3 Å². The molecule has 0 aliphatic carbocycles. The quantitative estimate of drug-likeness (QED) is 0.799. The molecule has 0 bridgehead atoms. The van der Waals surface area contributed by atoms with Gasteiger partial charge in [0.25, 0.3) is 0 Å². The van der Waals surface area contributed by atoms with Crippen LogP contribution in [0.2, 0.25) is 0 Å². The van der Waals surface area contributed by atoms with Gasteiger partial charge in [-0.05, 0) is 26.0 Å². The number of hydrogen-bond acceptors (Lipinski definition) is 1. The van der Waals surface area contributed by atoms with E-state index in [0.29, 0.717) is 5.69 Å². The molecule has 0 unspecified atom stereocenters. The van der Waals surface area contributed by atoms with Crippen LogP contribution in [0.5, 0.6) is 0 Å². The molecule has 0 aliphatic heterocycles. The molecular formula is C12H14F3NO. The van der Waals surface area contributed by atoms with Crippen LogP contribution in [0.25, 0.3) is 0 Å². The standard InChI is InChI=1S/C12H14F3NO/c1-9(2)16(10-6-4-3-5-7-10)11(17)8-12(13,14)15/h3-7,9H,8H2,1-2H3. The van der Waals surface area contributed by atoms with Crippen molar-refractivity contribution in [2.75, 3.05) is 4.90 Å². The Morgan fingerprint density at radius 1 is 1.24 bits per heavy atom. The Morgan fingerprint density at radius 3 is 2.18 bits per heavy atom. The van der Waals surface area contributed by atoms with Crippen molar-refractivity contribution in [3.8, 4) is 0 Å². The van der Waals surface area contributed by atoms with Crippen molar-refractivity contribution in [1.82, 2.24) is 0 Å². The number of anilines is 1. The SMILES string of the molecule is CC(C)N(C(=O)CC(F)(F)F)c1ccccc1. The summed E-state index contributed by atoms with van der Waals surface area (Å²) in [4.78, 5) is 12.8. The molecule has 1 aromatic carbocycles. The van der Waals surface area contributed by atoms with Gasteiger partial charge in [-0.1, -0.05) is 18.2 Å². The summed E-state index contributed by atoms with van der Waals surface area (Å²) in [6.07, 6.45) is -5.90. The maximum Gasteiger partial charge on any atom is 0.397 e. The smallest absolute Gasteiger partial charge is 0.310 e. The van der Waals surface area contributed by atoms with Crippen LogP contribution in [0.3, 0.4) is 0 Å². The number of para-hydroxylation sites is 1. The maximum atomic E-state index is 12.2. The lowest BCUT2D eigenvalue weighted by atomic mass is 10.2. The van der Waals surface area contributed by atoms with Gasteiger partial charge in [-0.25, -0.2) is 0 Å². The largest absolute Gasteiger partial charge is 0.397 e. The zero-order valence-electron chi connectivity index (χ0n) is 9.66. The number of carbonyl (C=O) groups excluding carboxylic acids is 1. The van der Waals surface area contributed by atoms with E-state index in [1.807, 2.05) is 0 Å². The van der Waals surface area contributed by atoms with Gasteiger partial charge in [-0.2, -0.15) is 13.2 Å². The van der Waals surface area contributed by atoms with E-state index in [4.69, 9.17) is 0 Å². The Balaban J connectivity index is 2.92. The van der Waals surface area contributed by atoms with Gasteiger partial charge in [0, 0.05) is 11.7 Å². The Morgan fingerprint density at radius 2 is 1.76 bits per heavy atom. The number of amides is 1. The molecule has 0 aromatic heterocycles. The molecule has 0 fully saturated rings. The second kappa shape index (κ2) is 5.21. The van der Waals surface area contributed by atoms with Crippen LogP contribution in [-0.2, 0) is 4.79 Å². The van der Waals surface area contributed by atoms with E-state index in [-0.39, 0.29) is 6.04 Å². The molecule has 0 spiro atoms. The van der Waals surface area contributed by atoms with Gasteiger partial charge < -0.3 is 4.90 Å². The first-order valence-corrected chi connectivity index (χ1v) is 5.25. The second-order valence-electron chi connectivity index (χ2n) is 3.98. The fraction of sp³-hybridized carbons (Fsp3) is 0.417. The van der Waals surface area contributed by atoms with E-state index >= 15 is 0 Å². The van der Waals surface area contributed by atoms with E-state index in [1.165, 1.54) is 0 Å². The van der Waals surface area contributed by atoms with Crippen molar-refractivity contribution < 1.29 is 18.0 Å². The van der Waals surface area contributed by atoms with Crippen molar-refractivity contribution in [3.63, 3.8) is 0 Å². The normalized spacial score (nSPS) is 11.6. The molecule has 0 atom stereocenters. The Kier molecular flexibility index (Phi) is 4.15. The fourth-order valence-electron chi connectivity index (χ4n) is 1.58. The first-order valence-electron chi connectivity index (χ1n) is 5.25. The van der Waals surface area contributed by atoms with Gasteiger partial charge in [0.05, 0.1) is 0 Å². The van der Waals surface area contributed by atoms with Gasteiger partial charge in [-0.15, -0.1) is 0 Å². The molecule has 1 aromatic rings. The summed E-state index contributed by atoms with van der Waals surface area (Å²) >= 11 is 0. The summed E-state index contributed by atoms with van der Waals surface area (Å²) in [5.74, 6) is -0.932. The number of halogens is 3. The highest BCUT2D eigenvalue weighted by Crippen LogP contribution is 2.24. The minimum Gasteiger partial charge on any atom is -0.310 e. The third-order valence-electron chi connectivity index (χ3n) is 2.17. The van der Waals surface area contributed by atoms with Crippen LogP contribution in [0.15, 0.2) is 30.3 Å². The average molecular weight is 245 g/mol. The van der Waals surface area contributed by atoms with Crippen molar-refractivity contribution >= 4 is 11.6 Å². The zero-order valence-corrected chi connectivity index (χ0v) is 9.66. The third-order valence-corrected chi connectivity index (χ3v) is 2.17. The Hall–Kier alpha value is -1.52. The van der Waals surface area contributed by atoms with Crippen LogP contribution in [0.4, 0.5) is 18.9 Å². The molecule has 0 saturated heterocycles. The Bertz CT molecular complexity index is 373. The first kappa shape index (κ1) is 13.5. The molecule has 0 aliphatic rings. The number of rotatable bonds is 3. The average Bonchev–Trinajstić information content (AvgIpc) is 2.15. The van der Waals surface area contributed by atoms with Gasteiger partial charge >= 0.3 is 6.18 Å². The van der Waals surface area contributed by atoms with Crippen LogP contribution >= 0.6 is 0 Å². The highest BCUT2D eigenvalue weighted by atomic mass is 19.4. The van der Waals surface area contributed by atoms with Gasteiger partial charge in [0.15, 0.2) is 0 Å². The van der Waals surface area contributed by atoms with Crippen LogP contribution in [0.1, 0.15) is 20.3 Å². The molecule has 0 saturated carbocycles. The molecule has 0 N–H and O–H groups in total. The van der Waals surface area contributed by atoms with E-state index in [2.05, 4.69) is 0 Å². The monoisotopic (exact) mass is 245 g/mol. The number of benzene rings is 1. The minimum atomic E-state index is -4.47. The molecular weight excluding hydrogens is 231 g/mol. The Labute approximate surface area is 98.0 Å². The summed E-state index contributed by atoms with van der Waals surface area (Å²) in [5, 5.41) is 0. The molecule has 1 rings (SSSR count). The summed E-state index contributed by atoms with van der Waals surface area (Å²) in [6, 6.07) is 8.04. The molecule has 5 heteroatoms. The summed E-state index contributed by atoms with van der Waals surface area (Å²) in [5.41, 5.74) is 0.483. The van der Waals surface area contributed by atoms with Gasteiger partial charge in [-0.3, -0.25) is 4.79 Å². The summed E-state index contributed by atoms with van der Waals surface area (Å²) in [6.45, 7) is 3.36. The molecule has 17 heavy (non-hydrogen) atoms. The molecule has 1 amide bonds. The number of carbonyl (C=O) groups is 1. The van der Waals surface area contributed by atoms with E-state index in [9.17, 15) is 18.0 Å². The minimum absolute atomic E-state index is 0.313. The molecule has 0 radical (unpaired) electrons. The lowest BCUT2D eigenvalue weighted by Crippen LogP contribution is -2.39. The number of alkyl halides is 3. The van der Waals surface area contributed by atoms with Gasteiger partial charge in [0.2, 0.25) is 5.91 Å². The van der Waals surface area contributed by atoms with Crippen molar-refractivity contribution in [2.24, 2.45) is 0 Å². The molecule has 0 heterocycles. The zero-order chi connectivity index (χ0) is 13.1. The van der Waals surface area contributed by atoms with E-state index in [0.717, 1.165) is 4.90 Å². The predicted molar refractivity (Wildman–Crippen MR) is 59.7 cm³/mol. The third kappa shape index (κ3) is 4.09. The van der Waals surface area contributed by atoms with Crippen molar-refractivity contribution in [1.29, 1.82) is 0 Å². The number of nitrogens with zero attached hydrogens (tertiary/aromatic N) is 1. The maximum absolute atomic E-state index is 12.2. The fourth-order valence-corrected chi connectivity index (χ4v) is 1.58. The summed E-state index contributed by atoms with van der Waals surface area (Å²) < 4.78 is 36.6. The van der Waals surface area contributed by atoms with E-state index < -0.39 is 18.5 Å². The first-order chi connectivity index (χ1) is 7.81. The van der Waals surface area contributed by atoms with Crippen LogP contribution in [-0.4, -0.2) is 18.1 Å². The van der Waals surface area contributed by atoms with E-state index in [1.54, 1.807) is 44.2 Å². The lowest BCUT2D eigenvalue weighted by Gasteiger charge is -2.27. The number of hydrogen-bond donors (Lipinski definition) is 0. The van der Waals surface area contributed by atoms with Crippen LogP contribution < -0.4 is 4.90 Å². The second-order valence-corrected chi connectivity index (χ2v) is 3.98. The van der Waals surface area contributed by atoms with Crippen LogP contribution in [0, 0.1) is 0 Å². The lowest BCUT2D eigenvalue weighted by molar-refractivity contribution is -0.152. The van der Waals surface area contributed by atoms with Crippen molar-refractivity contribution in [2.45, 2.75) is 32.5 Å². The highest BCUT2D eigenvalue weighted by Gasteiger charge is 2.34. The van der Waals surface area contributed by atoms with Crippen molar-refractivity contribution in [3.05, 3.63) is 30.3 Å². The molecule has 2 nitrogen and oxygen atoms in total. The summed E-state index contributed by atoms with van der Waals surface area (Å²) in [7, 11) is 0. The van der Waals surface area contributed by atoms with Gasteiger partial charge in [0.1, 0.15) is 6.42 Å².